The van der Waals surface area contributed by atoms with Gasteiger partial charge < -0.3 is 10.6 Å². The summed E-state index contributed by atoms with van der Waals surface area (Å²) in [5, 5.41) is 10.8. The Bertz CT molecular complexity index is 973. The van der Waals surface area contributed by atoms with Crippen molar-refractivity contribution in [3.63, 3.8) is 0 Å². The topological polar surface area (TPSA) is 59.0 Å². The minimum absolute atomic E-state index is 0.0794. The van der Waals surface area contributed by atoms with Gasteiger partial charge in [-0.15, -0.1) is 0 Å². The third-order valence-corrected chi connectivity index (χ3v) is 5.15. The van der Waals surface area contributed by atoms with E-state index < -0.39 is 0 Å². The van der Waals surface area contributed by atoms with Crippen molar-refractivity contribution in [1.82, 2.24) is 15.1 Å². The van der Waals surface area contributed by atoms with E-state index in [2.05, 4.69) is 41.7 Å². The van der Waals surface area contributed by atoms with Gasteiger partial charge in [-0.2, -0.15) is 5.10 Å². The van der Waals surface area contributed by atoms with E-state index in [4.69, 9.17) is 0 Å². The molecule has 0 aliphatic rings. The highest BCUT2D eigenvalue weighted by atomic mass is 16.1. The average Bonchev–Trinajstić information content (AvgIpc) is 3.01. The highest BCUT2D eigenvalue weighted by molar-refractivity contribution is 5.95. The molecule has 0 aliphatic heterocycles. The van der Waals surface area contributed by atoms with Crippen LogP contribution in [0.1, 0.15) is 47.2 Å². The van der Waals surface area contributed by atoms with Crippen LogP contribution in [0, 0.1) is 13.8 Å². The third kappa shape index (κ3) is 3.93. The van der Waals surface area contributed by atoms with Gasteiger partial charge in [0.05, 0.1) is 11.7 Å². The summed E-state index contributed by atoms with van der Waals surface area (Å²) in [6.07, 6.45) is 0. The number of nitrogens with one attached hydrogen (secondary N) is 2. The molecule has 1 amide bonds. The number of anilines is 1. The molecule has 0 spiro atoms. The van der Waals surface area contributed by atoms with Crippen LogP contribution < -0.4 is 10.6 Å². The average molecular weight is 377 g/mol. The second kappa shape index (κ2) is 8.30. The highest BCUT2D eigenvalue weighted by Crippen LogP contribution is 2.24. The molecule has 0 aliphatic carbocycles. The summed E-state index contributed by atoms with van der Waals surface area (Å²) in [4.78, 5) is 12.9. The Morgan fingerprint density at radius 1 is 1.11 bits per heavy atom. The molecule has 0 saturated heterocycles. The zero-order valence-corrected chi connectivity index (χ0v) is 17.2. The molecule has 0 fully saturated rings. The third-order valence-electron chi connectivity index (χ3n) is 5.15. The first-order chi connectivity index (χ1) is 13.4. The van der Waals surface area contributed by atoms with Crippen LogP contribution in [0.3, 0.4) is 0 Å². The van der Waals surface area contributed by atoms with Gasteiger partial charge in [-0.3, -0.25) is 9.48 Å². The van der Waals surface area contributed by atoms with Crippen LogP contribution in [-0.2, 0) is 6.54 Å². The standard InChI is InChI=1S/C23H28N4O/c1-6-27-17(4)22(16(3)26-27)15(2)25-23(28)20-9-7-8-19(14-20)18-10-12-21(24-5)13-11-18/h7-15,24H,6H2,1-5H3,(H,25,28). The number of amides is 1. The van der Waals surface area contributed by atoms with E-state index >= 15 is 0 Å². The molecule has 1 unspecified atom stereocenters. The maximum atomic E-state index is 12.9. The summed E-state index contributed by atoms with van der Waals surface area (Å²) in [6.45, 7) is 8.95. The number of aromatic nitrogens is 2. The first-order valence-electron chi connectivity index (χ1n) is 9.67. The largest absolute Gasteiger partial charge is 0.388 e. The predicted molar refractivity (Wildman–Crippen MR) is 115 cm³/mol. The van der Waals surface area contributed by atoms with Crippen LogP contribution in [0.5, 0.6) is 0 Å². The molecule has 5 heteroatoms. The molecule has 2 aromatic carbocycles. The molecule has 5 nitrogen and oxygen atoms in total. The Hall–Kier alpha value is -3.08. The van der Waals surface area contributed by atoms with Gasteiger partial charge in [-0.25, -0.2) is 0 Å². The number of rotatable bonds is 6. The monoisotopic (exact) mass is 376 g/mol. The number of hydrogen-bond acceptors (Lipinski definition) is 3. The lowest BCUT2D eigenvalue weighted by Crippen LogP contribution is -2.27. The van der Waals surface area contributed by atoms with Crippen LogP contribution in [-0.4, -0.2) is 22.7 Å². The van der Waals surface area contributed by atoms with Crippen LogP contribution in [0.15, 0.2) is 48.5 Å². The summed E-state index contributed by atoms with van der Waals surface area (Å²) in [6, 6.07) is 15.8. The van der Waals surface area contributed by atoms with Gasteiger partial charge in [0.1, 0.15) is 0 Å². The normalized spacial score (nSPS) is 11.9. The van der Waals surface area contributed by atoms with Crippen molar-refractivity contribution in [3.05, 3.63) is 71.0 Å². The summed E-state index contributed by atoms with van der Waals surface area (Å²) in [7, 11) is 1.90. The minimum Gasteiger partial charge on any atom is -0.388 e. The number of carbonyl (C=O) groups is 1. The Morgan fingerprint density at radius 2 is 1.82 bits per heavy atom. The fourth-order valence-corrected chi connectivity index (χ4v) is 3.67. The first-order valence-corrected chi connectivity index (χ1v) is 9.67. The molecule has 0 bridgehead atoms. The van der Waals surface area contributed by atoms with Gasteiger partial charge in [0.2, 0.25) is 0 Å². The molecule has 28 heavy (non-hydrogen) atoms. The molecule has 146 valence electrons. The molecular formula is C23H28N4O. The van der Waals surface area contributed by atoms with Gasteiger partial charge in [-0.05, 0) is 63.1 Å². The fourth-order valence-electron chi connectivity index (χ4n) is 3.67. The van der Waals surface area contributed by atoms with Crippen LogP contribution in [0.25, 0.3) is 11.1 Å². The smallest absolute Gasteiger partial charge is 0.251 e. The first kappa shape index (κ1) is 19.7. The summed E-state index contributed by atoms with van der Waals surface area (Å²) < 4.78 is 1.97. The van der Waals surface area contributed by atoms with Crippen molar-refractivity contribution in [2.24, 2.45) is 0 Å². The molecule has 1 atom stereocenters. The summed E-state index contributed by atoms with van der Waals surface area (Å²) in [5.74, 6) is -0.0794. The van der Waals surface area contributed by atoms with Crippen molar-refractivity contribution >= 4 is 11.6 Å². The Morgan fingerprint density at radius 3 is 2.43 bits per heavy atom. The molecular weight excluding hydrogens is 348 g/mol. The Labute approximate surface area is 166 Å². The Kier molecular flexibility index (Phi) is 5.83. The lowest BCUT2D eigenvalue weighted by Gasteiger charge is -2.15. The maximum absolute atomic E-state index is 12.9. The molecule has 1 heterocycles. The molecule has 0 saturated carbocycles. The van der Waals surface area contributed by atoms with Gasteiger partial charge in [0.15, 0.2) is 0 Å². The van der Waals surface area contributed by atoms with Gasteiger partial charge in [0, 0.05) is 36.1 Å². The number of carbonyl (C=O) groups excluding carboxylic acids is 1. The zero-order valence-electron chi connectivity index (χ0n) is 17.2. The number of nitrogens with zero attached hydrogens (tertiary/aromatic N) is 2. The van der Waals surface area contributed by atoms with Crippen molar-refractivity contribution in [2.75, 3.05) is 12.4 Å². The van der Waals surface area contributed by atoms with E-state index in [-0.39, 0.29) is 11.9 Å². The van der Waals surface area contributed by atoms with Gasteiger partial charge in [-0.1, -0.05) is 24.3 Å². The second-order valence-electron chi connectivity index (χ2n) is 7.00. The van der Waals surface area contributed by atoms with E-state index in [9.17, 15) is 4.79 Å². The molecule has 3 rings (SSSR count). The molecule has 3 aromatic rings. The van der Waals surface area contributed by atoms with Crippen molar-refractivity contribution in [2.45, 2.75) is 40.3 Å². The van der Waals surface area contributed by atoms with Crippen molar-refractivity contribution < 1.29 is 4.79 Å². The number of benzene rings is 2. The van der Waals surface area contributed by atoms with Crippen molar-refractivity contribution in [3.8, 4) is 11.1 Å². The molecule has 0 radical (unpaired) electrons. The maximum Gasteiger partial charge on any atom is 0.251 e. The Balaban J connectivity index is 1.80. The van der Waals surface area contributed by atoms with Gasteiger partial charge >= 0.3 is 0 Å². The van der Waals surface area contributed by atoms with Crippen molar-refractivity contribution in [1.29, 1.82) is 0 Å². The van der Waals surface area contributed by atoms with E-state index in [0.29, 0.717) is 5.56 Å². The summed E-state index contributed by atoms with van der Waals surface area (Å²) in [5.41, 5.74) is 6.97. The highest BCUT2D eigenvalue weighted by Gasteiger charge is 2.19. The van der Waals surface area contributed by atoms with E-state index in [1.54, 1.807) is 0 Å². The number of hydrogen-bond donors (Lipinski definition) is 2. The van der Waals surface area contributed by atoms with E-state index in [1.807, 2.05) is 62.0 Å². The number of aryl methyl sites for hydroxylation is 2. The lowest BCUT2D eigenvalue weighted by atomic mass is 10.0. The fraction of sp³-hybridized carbons (Fsp3) is 0.304. The zero-order chi connectivity index (χ0) is 20.3. The van der Waals surface area contributed by atoms with Crippen LogP contribution in [0.4, 0.5) is 5.69 Å². The quantitative estimate of drug-likeness (QED) is 0.654. The lowest BCUT2D eigenvalue weighted by molar-refractivity contribution is 0.0940. The van der Waals surface area contributed by atoms with E-state index in [0.717, 1.165) is 40.3 Å². The predicted octanol–water partition coefficient (Wildman–Crippen LogP) is 4.72. The van der Waals surface area contributed by atoms with Gasteiger partial charge in [0.25, 0.3) is 5.91 Å². The molecule has 2 N–H and O–H groups in total. The SMILES string of the molecule is CCn1nc(C)c(C(C)NC(=O)c2cccc(-c3ccc(NC)cc3)c2)c1C. The van der Waals surface area contributed by atoms with Crippen LogP contribution >= 0.6 is 0 Å². The molecule has 1 aromatic heterocycles. The second-order valence-corrected chi connectivity index (χ2v) is 7.00. The van der Waals surface area contributed by atoms with E-state index in [1.165, 1.54) is 0 Å². The van der Waals surface area contributed by atoms with Crippen LogP contribution in [0.2, 0.25) is 0 Å². The summed E-state index contributed by atoms with van der Waals surface area (Å²) >= 11 is 0. The minimum atomic E-state index is -0.105.